The van der Waals surface area contributed by atoms with E-state index >= 15 is 0 Å². The Morgan fingerprint density at radius 3 is 2.45 bits per heavy atom. The van der Waals surface area contributed by atoms with E-state index in [1.165, 1.54) is 5.56 Å². The number of anilines is 2. The van der Waals surface area contributed by atoms with Gasteiger partial charge in [0.15, 0.2) is 5.82 Å². The summed E-state index contributed by atoms with van der Waals surface area (Å²) in [6.07, 6.45) is 7.46. The van der Waals surface area contributed by atoms with Gasteiger partial charge in [-0.25, -0.2) is 4.98 Å². The van der Waals surface area contributed by atoms with Gasteiger partial charge in [0.1, 0.15) is 11.4 Å². The monoisotopic (exact) mass is 504 g/mol. The third-order valence-electron chi connectivity index (χ3n) is 6.41. The van der Waals surface area contributed by atoms with Crippen LogP contribution in [0, 0.1) is 0 Å². The summed E-state index contributed by atoms with van der Waals surface area (Å²) in [5.41, 5.74) is 2.39. The SMILES string of the molecule is CCCC(CCC)Nc1nc(N2CCC(c3ccc(Br)cc3)CC2)nc2c1[S+]([O-])CC2. The van der Waals surface area contributed by atoms with Gasteiger partial charge < -0.3 is 14.8 Å². The second-order valence-corrected chi connectivity index (χ2v) is 11.1. The third-order valence-corrected chi connectivity index (χ3v) is 8.40. The average Bonchev–Trinajstić information content (AvgIpc) is 3.16. The first-order valence-electron chi connectivity index (χ1n) is 11.6. The van der Waals surface area contributed by atoms with Crippen LogP contribution < -0.4 is 10.2 Å². The van der Waals surface area contributed by atoms with Crippen molar-refractivity contribution in [2.75, 3.05) is 29.1 Å². The smallest absolute Gasteiger partial charge is 0.227 e. The number of nitrogens with one attached hydrogen (secondary N) is 1. The van der Waals surface area contributed by atoms with Crippen molar-refractivity contribution in [1.29, 1.82) is 0 Å². The molecule has 1 atom stereocenters. The Morgan fingerprint density at radius 2 is 1.81 bits per heavy atom. The van der Waals surface area contributed by atoms with Gasteiger partial charge in [0.05, 0.1) is 0 Å². The van der Waals surface area contributed by atoms with E-state index in [4.69, 9.17) is 9.97 Å². The summed E-state index contributed by atoms with van der Waals surface area (Å²) in [7, 11) is 0. The average molecular weight is 506 g/mol. The molecule has 0 radical (unpaired) electrons. The predicted molar refractivity (Wildman–Crippen MR) is 133 cm³/mol. The molecule has 1 aromatic heterocycles. The molecule has 168 valence electrons. The second-order valence-electron chi connectivity index (χ2n) is 8.68. The molecule has 3 heterocycles. The molecule has 4 rings (SSSR count). The van der Waals surface area contributed by atoms with Crippen molar-refractivity contribution in [2.24, 2.45) is 0 Å². The Hall–Kier alpha value is -1.31. The van der Waals surface area contributed by atoms with E-state index in [1.54, 1.807) is 0 Å². The van der Waals surface area contributed by atoms with Gasteiger partial charge in [-0.15, -0.1) is 0 Å². The Bertz CT molecular complexity index is 865. The molecule has 1 fully saturated rings. The topological polar surface area (TPSA) is 64.1 Å². The fourth-order valence-corrected chi connectivity index (χ4v) is 6.33. The fraction of sp³-hybridized carbons (Fsp3) is 0.583. The van der Waals surface area contributed by atoms with Crippen molar-refractivity contribution in [3.05, 3.63) is 40.0 Å². The molecule has 0 amide bonds. The van der Waals surface area contributed by atoms with Crippen LogP contribution in [0.1, 0.15) is 69.5 Å². The molecule has 1 unspecified atom stereocenters. The van der Waals surface area contributed by atoms with Gasteiger partial charge in [-0.3, -0.25) is 0 Å². The fourth-order valence-electron chi connectivity index (χ4n) is 4.75. The number of fused-ring (bicyclic) bond motifs is 1. The molecular formula is C24H33BrN4OS. The molecule has 0 saturated carbocycles. The molecule has 31 heavy (non-hydrogen) atoms. The molecular weight excluding hydrogens is 472 g/mol. The lowest BCUT2D eigenvalue weighted by Gasteiger charge is -2.32. The highest BCUT2D eigenvalue weighted by Gasteiger charge is 2.34. The summed E-state index contributed by atoms with van der Waals surface area (Å²) in [6, 6.07) is 9.10. The summed E-state index contributed by atoms with van der Waals surface area (Å²) >= 11 is 2.54. The number of nitrogens with zero attached hydrogens (tertiary/aromatic N) is 3. The summed E-state index contributed by atoms with van der Waals surface area (Å²) in [5.74, 6) is 2.88. The van der Waals surface area contributed by atoms with E-state index in [9.17, 15) is 4.55 Å². The number of benzene rings is 1. The number of rotatable bonds is 8. The molecule has 7 heteroatoms. The molecule has 5 nitrogen and oxygen atoms in total. The zero-order chi connectivity index (χ0) is 21.8. The maximum absolute atomic E-state index is 12.7. The lowest BCUT2D eigenvalue weighted by molar-refractivity contribution is 0.498. The Balaban J connectivity index is 1.52. The van der Waals surface area contributed by atoms with Crippen LogP contribution >= 0.6 is 15.9 Å². The van der Waals surface area contributed by atoms with Crippen molar-refractivity contribution in [1.82, 2.24) is 9.97 Å². The summed E-state index contributed by atoms with van der Waals surface area (Å²) in [6.45, 7) is 6.34. The van der Waals surface area contributed by atoms with E-state index in [0.29, 0.717) is 17.7 Å². The number of piperidine rings is 1. The van der Waals surface area contributed by atoms with E-state index < -0.39 is 11.2 Å². The van der Waals surface area contributed by atoms with Crippen molar-refractivity contribution < 1.29 is 4.55 Å². The Morgan fingerprint density at radius 1 is 1.13 bits per heavy atom. The number of aromatic nitrogens is 2. The molecule has 1 saturated heterocycles. The molecule has 0 spiro atoms. The van der Waals surface area contributed by atoms with Crippen molar-refractivity contribution in [3.63, 3.8) is 0 Å². The van der Waals surface area contributed by atoms with Gasteiger partial charge in [-0.2, -0.15) is 4.98 Å². The zero-order valence-corrected chi connectivity index (χ0v) is 21.0. The van der Waals surface area contributed by atoms with Crippen LogP contribution in [0.2, 0.25) is 0 Å². The molecule has 2 aromatic rings. The van der Waals surface area contributed by atoms with Crippen LogP contribution in [-0.2, 0) is 17.6 Å². The molecule has 2 aliphatic heterocycles. The largest absolute Gasteiger partial charge is 0.611 e. The molecule has 0 bridgehead atoms. The predicted octanol–water partition coefficient (Wildman–Crippen LogP) is 5.67. The van der Waals surface area contributed by atoms with Gasteiger partial charge in [0.2, 0.25) is 10.8 Å². The first-order valence-corrected chi connectivity index (χ1v) is 13.8. The normalized spacial score (nSPS) is 19.1. The van der Waals surface area contributed by atoms with Crippen molar-refractivity contribution in [3.8, 4) is 0 Å². The summed E-state index contributed by atoms with van der Waals surface area (Å²) < 4.78 is 13.8. The number of halogens is 1. The van der Waals surface area contributed by atoms with Gasteiger partial charge >= 0.3 is 0 Å². The number of hydrogen-bond donors (Lipinski definition) is 1. The standard InChI is InChI=1S/C24H33BrN4OS/c1-3-5-20(6-4-2)26-23-22-21(13-16-31(22)30)27-24(28-23)29-14-11-18(12-15-29)17-7-9-19(25)10-8-17/h7-10,18,20H,3-6,11-16H2,1-2H3,(H,26,27,28). The first kappa shape index (κ1) is 22.9. The van der Waals surface area contributed by atoms with Crippen LogP contribution in [0.15, 0.2) is 33.6 Å². The van der Waals surface area contributed by atoms with Crippen molar-refractivity contribution >= 4 is 38.9 Å². The van der Waals surface area contributed by atoms with Crippen LogP contribution in [0.5, 0.6) is 0 Å². The van der Waals surface area contributed by atoms with Gasteiger partial charge in [-0.05, 0) is 60.5 Å². The minimum Gasteiger partial charge on any atom is -0.611 e. The Labute approximate surface area is 197 Å². The van der Waals surface area contributed by atoms with E-state index in [0.717, 1.165) is 84.9 Å². The van der Waals surface area contributed by atoms with E-state index in [-0.39, 0.29) is 0 Å². The molecule has 1 aromatic carbocycles. The highest BCUT2D eigenvalue weighted by Crippen LogP contribution is 2.35. The second kappa shape index (κ2) is 10.5. The van der Waals surface area contributed by atoms with Crippen LogP contribution in [0.3, 0.4) is 0 Å². The molecule has 2 aliphatic rings. The lowest BCUT2D eigenvalue weighted by Crippen LogP contribution is -2.34. The quantitative estimate of drug-likeness (QED) is 0.469. The molecule has 0 aliphatic carbocycles. The highest BCUT2D eigenvalue weighted by molar-refractivity contribution is 9.10. The maximum atomic E-state index is 12.7. The highest BCUT2D eigenvalue weighted by atomic mass is 79.9. The van der Waals surface area contributed by atoms with Crippen LogP contribution in [-0.4, -0.2) is 39.4 Å². The van der Waals surface area contributed by atoms with Gasteiger partial charge in [0.25, 0.3) is 0 Å². The van der Waals surface area contributed by atoms with Crippen LogP contribution in [0.25, 0.3) is 0 Å². The molecule has 1 N–H and O–H groups in total. The maximum Gasteiger partial charge on any atom is 0.227 e. The van der Waals surface area contributed by atoms with E-state index in [2.05, 4.69) is 64.3 Å². The summed E-state index contributed by atoms with van der Waals surface area (Å²) in [5, 5.41) is 3.66. The third kappa shape index (κ3) is 5.37. The van der Waals surface area contributed by atoms with Crippen LogP contribution in [0.4, 0.5) is 11.8 Å². The number of hydrogen-bond acceptors (Lipinski definition) is 5. The van der Waals surface area contributed by atoms with Gasteiger partial charge in [0, 0.05) is 30.0 Å². The zero-order valence-electron chi connectivity index (χ0n) is 18.6. The minimum absolute atomic E-state index is 0.377. The van der Waals surface area contributed by atoms with E-state index in [1.807, 2.05) is 0 Å². The Kier molecular flexibility index (Phi) is 7.77. The lowest BCUT2D eigenvalue weighted by atomic mass is 9.90. The van der Waals surface area contributed by atoms with Gasteiger partial charge in [-0.1, -0.05) is 54.8 Å². The number of aryl methyl sites for hydroxylation is 1. The first-order chi connectivity index (χ1) is 15.1. The minimum atomic E-state index is -0.989. The summed E-state index contributed by atoms with van der Waals surface area (Å²) in [4.78, 5) is 13.0. The van der Waals surface area contributed by atoms with Crippen molar-refractivity contribution in [2.45, 2.75) is 75.6 Å².